The molecule has 0 atom stereocenters. The van der Waals surface area contributed by atoms with Gasteiger partial charge in [-0.1, -0.05) is 13.8 Å². The van der Waals surface area contributed by atoms with E-state index >= 15 is 0 Å². The van der Waals surface area contributed by atoms with Crippen LogP contribution in [-0.4, -0.2) is 33.3 Å². The van der Waals surface area contributed by atoms with Gasteiger partial charge in [0.05, 0.1) is 24.1 Å². The molecule has 0 radical (unpaired) electrons. The Kier molecular flexibility index (Phi) is 4.32. The van der Waals surface area contributed by atoms with E-state index in [4.69, 9.17) is 11.1 Å². The molecule has 4 N–H and O–H groups in total. The standard InChI is InChI=1S/C12H18N8/c1-8(2)7-20(5-3-4-13)11-9-6-15-19-10(9)16-12(17-11)18-14/h6,8H,3,5,7,14H2,1-2H3,(H2,15,16,17,18,19). The second-order valence-electron chi connectivity index (χ2n) is 4.90. The molecule has 8 heteroatoms. The Morgan fingerprint density at radius 1 is 1.50 bits per heavy atom. The van der Waals surface area contributed by atoms with Gasteiger partial charge in [0.1, 0.15) is 5.82 Å². The second kappa shape index (κ2) is 6.16. The molecule has 0 bridgehead atoms. The molecule has 0 unspecified atom stereocenters. The van der Waals surface area contributed by atoms with Crippen LogP contribution in [0.2, 0.25) is 0 Å². The fraction of sp³-hybridized carbons (Fsp3) is 0.500. The fourth-order valence-electron chi connectivity index (χ4n) is 2.03. The van der Waals surface area contributed by atoms with Crippen LogP contribution >= 0.6 is 0 Å². The van der Waals surface area contributed by atoms with Crippen LogP contribution in [0, 0.1) is 17.2 Å². The number of nitrogens with two attached hydrogens (primary N) is 1. The van der Waals surface area contributed by atoms with Gasteiger partial charge in [0.2, 0.25) is 5.95 Å². The molecule has 0 aromatic carbocycles. The minimum absolute atomic E-state index is 0.322. The predicted molar refractivity (Wildman–Crippen MR) is 76.8 cm³/mol. The van der Waals surface area contributed by atoms with Crippen molar-refractivity contribution in [2.75, 3.05) is 23.4 Å². The van der Waals surface area contributed by atoms with Gasteiger partial charge in [-0.15, -0.1) is 0 Å². The topological polar surface area (TPSA) is 120 Å². The third-order valence-corrected chi connectivity index (χ3v) is 2.80. The molecule has 0 amide bonds. The summed E-state index contributed by atoms with van der Waals surface area (Å²) in [4.78, 5) is 10.7. The quantitative estimate of drug-likeness (QED) is 0.531. The highest BCUT2D eigenvalue weighted by Crippen LogP contribution is 2.24. The van der Waals surface area contributed by atoms with Crippen molar-refractivity contribution in [1.29, 1.82) is 5.26 Å². The van der Waals surface area contributed by atoms with E-state index < -0.39 is 0 Å². The van der Waals surface area contributed by atoms with Gasteiger partial charge in [-0.25, -0.2) is 5.84 Å². The van der Waals surface area contributed by atoms with Crippen LogP contribution in [-0.2, 0) is 0 Å². The molecular weight excluding hydrogens is 256 g/mol. The summed E-state index contributed by atoms with van der Waals surface area (Å²) < 4.78 is 0. The highest BCUT2D eigenvalue weighted by molar-refractivity contribution is 5.87. The highest BCUT2D eigenvalue weighted by atomic mass is 15.3. The Bertz CT molecular complexity index is 611. The van der Waals surface area contributed by atoms with E-state index in [1.807, 2.05) is 0 Å². The van der Waals surface area contributed by atoms with Crippen molar-refractivity contribution in [3.8, 4) is 6.07 Å². The molecular formula is C12H18N8. The lowest BCUT2D eigenvalue weighted by Crippen LogP contribution is -2.30. The molecule has 0 aliphatic carbocycles. The average molecular weight is 274 g/mol. The summed E-state index contributed by atoms with van der Waals surface area (Å²) in [6.07, 6.45) is 2.12. The van der Waals surface area contributed by atoms with E-state index in [-0.39, 0.29) is 0 Å². The van der Waals surface area contributed by atoms with Crippen molar-refractivity contribution in [2.24, 2.45) is 11.8 Å². The number of aromatic amines is 1. The average Bonchev–Trinajstić information content (AvgIpc) is 2.90. The van der Waals surface area contributed by atoms with Gasteiger partial charge in [-0.3, -0.25) is 10.5 Å². The number of nitriles is 1. The lowest BCUT2D eigenvalue weighted by molar-refractivity contribution is 0.609. The van der Waals surface area contributed by atoms with Crippen LogP contribution in [0.5, 0.6) is 0 Å². The minimum atomic E-state index is 0.322. The number of nitrogen functional groups attached to an aromatic ring is 1. The van der Waals surface area contributed by atoms with Crippen molar-refractivity contribution in [2.45, 2.75) is 20.3 Å². The van der Waals surface area contributed by atoms with Crippen molar-refractivity contribution < 1.29 is 0 Å². The normalized spacial score (nSPS) is 10.8. The van der Waals surface area contributed by atoms with Crippen molar-refractivity contribution in [3.63, 3.8) is 0 Å². The van der Waals surface area contributed by atoms with Crippen LogP contribution in [0.1, 0.15) is 20.3 Å². The number of rotatable bonds is 6. The number of hydrazine groups is 1. The van der Waals surface area contributed by atoms with Crippen molar-refractivity contribution in [3.05, 3.63) is 6.20 Å². The number of nitrogens with one attached hydrogen (secondary N) is 2. The third kappa shape index (κ3) is 2.95. The van der Waals surface area contributed by atoms with Crippen LogP contribution < -0.4 is 16.2 Å². The molecule has 0 saturated heterocycles. The molecule has 8 nitrogen and oxygen atoms in total. The van der Waals surface area contributed by atoms with Crippen LogP contribution in [0.4, 0.5) is 11.8 Å². The van der Waals surface area contributed by atoms with E-state index in [0.29, 0.717) is 30.5 Å². The smallest absolute Gasteiger partial charge is 0.241 e. The summed E-state index contributed by atoms with van der Waals surface area (Å²) in [7, 11) is 0. The molecule has 2 aromatic heterocycles. The maximum Gasteiger partial charge on any atom is 0.241 e. The first kappa shape index (κ1) is 14.0. The van der Waals surface area contributed by atoms with Gasteiger partial charge in [0, 0.05) is 13.1 Å². The zero-order chi connectivity index (χ0) is 14.5. The maximum absolute atomic E-state index is 8.81. The number of nitrogens with zero attached hydrogens (tertiary/aromatic N) is 5. The molecule has 2 heterocycles. The first-order valence-electron chi connectivity index (χ1n) is 6.45. The summed E-state index contributed by atoms with van der Waals surface area (Å²) in [5.41, 5.74) is 3.07. The van der Waals surface area contributed by atoms with Gasteiger partial charge in [0.25, 0.3) is 0 Å². The van der Waals surface area contributed by atoms with Gasteiger partial charge >= 0.3 is 0 Å². The predicted octanol–water partition coefficient (Wildman–Crippen LogP) is 1.01. The van der Waals surface area contributed by atoms with Crippen LogP contribution in [0.25, 0.3) is 11.0 Å². The molecule has 2 aromatic rings. The van der Waals surface area contributed by atoms with E-state index in [9.17, 15) is 0 Å². The summed E-state index contributed by atoms with van der Waals surface area (Å²) in [5.74, 6) is 6.90. The van der Waals surface area contributed by atoms with Crippen LogP contribution in [0.15, 0.2) is 6.20 Å². The van der Waals surface area contributed by atoms with E-state index in [2.05, 4.69) is 50.4 Å². The number of hydrogen-bond acceptors (Lipinski definition) is 7. The molecule has 0 fully saturated rings. The van der Waals surface area contributed by atoms with Crippen molar-refractivity contribution >= 4 is 22.8 Å². The van der Waals surface area contributed by atoms with E-state index in [0.717, 1.165) is 17.7 Å². The molecule has 0 aliphatic heterocycles. The molecule has 0 saturated carbocycles. The van der Waals surface area contributed by atoms with Crippen LogP contribution in [0.3, 0.4) is 0 Å². The second-order valence-corrected chi connectivity index (χ2v) is 4.90. The summed E-state index contributed by atoms with van der Waals surface area (Å²) >= 11 is 0. The van der Waals surface area contributed by atoms with E-state index in [1.165, 1.54) is 0 Å². The monoisotopic (exact) mass is 274 g/mol. The Balaban J connectivity index is 2.44. The Morgan fingerprint density at radius 3 is 2.95 bits per heavy atom. The first-order chi connectivity index (χ1) is 9.65. The number of fused-ring (bicyclic) bond motifs is 1. The lowest BCUT2D eigenvalue weighted by atomic mass is 10.2. The number of anilines is 2. The molecule has 0 aliphatic rings. The maximum atomic E-state index is 8.81. The largest absolute Gasteiger partial charge is 0.355 e. The highest BCUT2D eigenvalue weighted by Gasteiger charge is 2.16. The Morgan fingerprint density at radius 2 is 2.30 bits per heavy atom. The lowest BCUT2D eigenvalue weighted by Gasteiger charge is -2.25. The van der Waals surface area contributed by atoms with Crippen molar-refractivity contribution in [1.82, 2.24) is 20.2 Å². The third-order valence-electron chi connectivity index (χ3n) is 2.80. The molecule has 20 heavy (non-hydrogen) atoms. The zero-order valence-electron chi connectivity index (χ0n) is 11.6. The van der Waals surface area contributed by atoms with Gasteiger partial charge < -0.3 is 4.90 Å². The van der Waals surface area contributed by atoms with Gasteiger partial charge in [-0.05, 0) is 5.92 Å². The molecule has 0 spiro atoms. The SMILES string of the molecule is CC(C)CN(CCC#N)c1nc(NN)nc2[nH]ncc12. The first-order valence-corrected chi connectivity index (χ1v) is 6.45. The minimum Gasteiger partial charge on any atom is -0.355 e. The number of hydrogen-bond donors (Lipinski definition) is 3. The van der Waals surface area contributed by atoms with Gasteiger partial charge in [-0.2, -0.15) is 20.3 Å². The summed E-state index contributed by atoms with van der Waals surface area (Å²) in [6, 6.07) is 2.16. The Hall–Kier alpha value is -2.40. The summed E-state index contributed by atoms with van der Waals surface area (Å²) in [6.45, 7) is 5.64. The number of H-pyrrole nitrogens is 1. The molecule has 106 valence electrons. The van der Waals surface area contributed by atoms with E-state index in [1.54, 1.807) is 6.20 Å². The van der Waals surface area contributed by atoms with Gasteiger partial charge in [0.15, 0.2) is 5.65 Å². The number of aromatic nitrogens is 4. The Labute approximate surface area is 117 Å². The zero-order valence-corrected chi connectivity index (χ0v) is 11.6. The summed E-state index contributed by atoms with van der Waals surface area (Å²) in [5, 5.41) is 16.4. The fourth-order valence-corrected chi connectivity index (χ4v) is 2.03. The molecule has 2 rings (SSSR count).